The number of rotatable bonds is 7. The molecule has 0 aliphatic heterocycles. The van der Waals surface area contributed by atoms with Gasteiger partial charge < -0.3 is 15.7 Å². The molecule has 0 heterocycles. The molecule has 0 aromatic carbocycles. The Balaban J connectivity index is 2.11. The van der Waals surface area contributed by atoms with E-state index in [0.29, 0.717) is 18.5 Å². The van der Waals surface area contributed by atoms with Gasteiger partial charge in [-0.25, -0.2) is 4.79 Å². The quantitative estimate of drug-likeness (QED) is 0.620. The highest BCUT2D eigenvalue weighted by molar-refractivity contribution is 5.74. The van der Waals surface area contributed by atoms with Gasteiger partial charge in [0.05, 0.1) is 0 Å². The van der Waals surface area contributed by atoms with E-state index < -0.39 is 0 Å². The second-order valence-electron chi connectivity index (χ2n) is 4.65. The van der Waals surface area contributed by atoms with Crippen LogP contribution in [-0.2, 0) is 0 Å². The zero-order chi connectivity index (χ0) is 11.8. The van der Waals surface area contributed by atoms with Crippen molar-refractivity contribution in [2.24, 2.45) is 5.92 Å². The Morgan fingerprint density at radius 2 is 2.19 bits per heavy atom. The van der Waals surface area contributed by atoms with E-state index in [2.05, 4.69) is 17.6 Å². The molecule has 0 bridgehead atoms. The predicted molar refractivity (Wildman–Crippen MR) is 64.3 cm³/mol. The van der Waals surface area contributed by atoms with Crippen LogP contribution in [-0.4, -0.2) is 30.3 Å². The van der Waals surface area contributed by atoms with Crippen molar-refractivity contribution < 1.29 is 9.90 Å². The van der Waals surface area contributed by atoms with Crippen molar-refractivity contribution in [1.82, 2.24) is 10.6 Å². The molecule has 1 saturated carbocycles. The lowest BCUT2D eigenvalue weighted by Gasteiger charge is -2.27. The molecule has 1 atom stereocenters. The summed E-state index contributed by atoms with van der Waals surface area (Å²) < 4.78 is 0. The van der Waals surface area contributed by atoms with Crippen molar-refractivity contribution in [1.29, 1.82) is 0 Å². The molecule has 4 nitrogen and oxygen atoms in total. The molecule has 1 rings (SSSR count). The molecule has 0 aromatic rings. The van der Waals surface area contributed by atoms with Gasteiger partial charge in [-0.3, -0.25) is 0 Å². The first-order chi connectivity index (χ1) is 7.76. The van der Waals surface area contributed by atoms with Gasteiger partial charge in [0, 0.05) is 19.2 Å². The fourth-order valence-corrected chi connectivity index (χ4v) is 1.97. The molecule has 3 N–H and O–H groups in total. The van der Waals surface area contributed by atoms with Crippen LogP contribution in [0.15, 0.2) is 0 Å². The molecule has 0 radical (unpaired) electrons. The standard InChI is InChI=1S/C12H24N2O2/c1-2-4-10(7-8-15)9-13-12(16)14-11-5-3-6-11/h10-11,15H,2-9H2,1H3,(H2,13,14,16). The Morgan fingerprint density at radius 3 is 2.69 bits per heavy atom. The van der Waals surface area contributed by atoms with Crippen LogP contribution >= 0.6 is 0 Å². The average molecular weight is 228 g/mol. The van der Waals surface area contributed by atoms with Gasteiger partial charge in [-0.1, -0.05) is 13.3 Å². The van der Waals surface area contributed by atoms with Crippen LogP contribution in [0.1, 0.15) is 45.4 Å². The van der Waals surface area contributed by atoms with Crippen LogP contribution in [0.2, 0.25) is 0 Å². The molecular formula is C12H24N2O2. The van der Waals surface area contributed by atoms with Crippen molar-refractivity contribution in [3.8, 4) is 0 Å². The van der Waals surface area contributed by atoms with Gasteiger partial charge in [-0.15, -0.1) is 0 Å². The van der Waals surface area contributed by atoms with E-state index in [9.17, 15) is 4.79 Å². The number of hydrogen-bond acceptors (Lipinski definition) is 2. The number of hydrogen-bond donors (Lipinski definition) is 3. The first-order valence-electron chi connectivity index (χ1n) is 6.41. The Hall–Kier alpha value is -0.770. The maximum atomic E-state index is 11.5. The van der Waals surface area contributed by atoms with E-state index in [1.807, 2.05) is 0 Å². The Bertz CT molecular complexity index is 199. The van der Waals surface area contributed by atoms with Crippen molar-refractivity contribution in [3.05, 3.63) is 0 Å². The molecule has 1 unspecified atom stereocenters. The number of aliphatic hydroxyl groups is 1. The number of carbonyl (C=O) groups is 1. The summed E-state index contributed by atoms with van der Waals surface area (Å²) in [6.45, 7) is 3.00. The van der Waals surface area contributed by atoms with E-state index in [-0.39, 0.29) is 12.6 Å². The van der Waals surface area contributed by atoms with E-state index in [1.165, 1.54) is 6.42 Å². The zero-order valence-electron chi connectivity index (χ0n) is 10.2. The topological polar surface area (TPSA) is 61.4 Å². The second-order valence-corrected chi connectivity index (χ2v) is 4.65. The smallest absolute Gasteiger partial charge is 0.315 e. The average Bonchev–Trinajstić information content (AvgIpc) is 2.21. The van der Waals surface area contributed by atoms with Crippen LogP contribution in [0.4, 0.5) is 4.79 Å². The highest BCUT2D eigenvalue weighted by atomic mass is 16.3. The van der Waals surface area contributed by atoms with Gasteiger partial charge in [-0.05, 0) is 38.0 Å². The minimum Gasteiger partial charge on any atom is -0.396 e. The number of carbonyl (C=O) groups excluding carboxylic acids is 1. The Morgan fingerprint density at radius 1 is 1.44 bits per heavy atom. The lowest BCUT2D eigenvalue weighted by atomic mass is 9.93. The first kappa shape index (κ1) is 13.3. The zero-order valence-corrected chi connectivity index (χ0v) is 10.2. The van der Waals surface area contributed by atoms with E-state index >= 15 is 0 Å². The fraction of sp³-hybridized carbons (Fsp3) is 0.917. The van der Waals surface area contributed by atoms with Gasteiger partial charge in [0.15, 0.2) is 0 Å². The van der Waals surface area contributed by atoms with Crippen LogP contribution in [0.3, 0.4) is 0 Å². The minimum absolute atomic E-state index is 0.0521. The van der Waals surface area contributed by atoms with E-state index in [1.54, 1.807) is 0 Å². The summed E-state index contributed by atoms with van der Waals surface area (Å²) >= 11 is 0. The number of urea groups is 1. The largest absolute Gasteiger partial charge is 0.396 e. The van der Waals surface area contributed by atoms with E-state index in [4.69, 9.17) is 5.11 Å². The molecule has 1 fully saturated rings. The van der Waals surface area contributed by atoms with Crippen LogP contribution in [0.25, 0.3) is 0 Å². The highest BCUT2D eigenvalue weighted by Crippen LogP contribution is 2.17. The van der Waals surface area contributed by atoms with Gasteiger partial charge in [0.25, 0.3) is 0 Å². The summed E-state index contributed by atoms with van der Waals surface area (Å²) in [5, 5.41) is 14.7. The molecule has 0 spiro atoms. The SMILES string of the molecule is CCCC(CCO)CNC(=O)NC1CCC1. The van der Waals surface area contributed by atoms with Crippen LogP contribution in [0.5, 0.6) is 0 Å². The second kappa shape index (κ2) is 7.49. The molecule has 0 aromatic heterocycles. The van der Waals surface area contributed by atoms with Gasteiger partial charge >= 0.3 is 6.03 Å². The normalized spacial score (nSPS) is 17.6. The van der Waals surface area contributed by atoms with Crippen molar-refractivity contribution in [2.75, 3.05) is 13.2 Å². The minimum atomic E-state index is -0.0521. The summed E-state index contributed by atoms with van der Waals surface area (Å²) in [4.78, 5) is 11.5. The summed E-state index contributed by atoms with van der Waals surface area (Å²) in [5.74, 6) is 0.405. The van der Waals surface area contributed by atoms with Crippen molar-refractivity contribution >= 4 is 6.03 Å². The van der Waals surface area contributed by atoms with E-state index in [0.717, 1.165) is 32.1 Å². The number of amides is 2. The molecule has 1 aliphatic rings. The summed E-state index contributed by atoms with van der Waals surface area (Å²) in [7, 11) is 0. The third kappa shape index (κ3) is 4.84. The van der Waals surface area contributed by atoms with Crippen molar-refractivity contribution in [3.63, 3.8) is 0 Å². The lowest BCUT2D eigenvalue weighted by molar-refractivity contribution is 0.220. The highest BCUT2D eigenvalue weighted by Gasteiger charge is 2.19. The number of aliphatic hydroxyl groups excluding tert-OH is 1. The summed E-state index contributed by atoms with van der Waals surface area (Å²) in [5.41, 5.74) is 0. The lowest BCUT2D eigenvalue weighted by Crippen LogP contribution is -2.46. The monoisotopic (exact) mass is 228 g/mol. The number of nitrogens with one attached hydrogen (secondary N) is 2. The first-order valence-corrected chi connectivity index (χ1v) is 6.41. The van der Waals surface area contributed by atoms with Crippen LogP contribution < -0.4 is 10.6 Å². The molecule has 2 amide bonds. The Labute approximate surface area is 97.8 Å². The maximum Gasteiger partial charge on any atom is 0.315 e. The van der Waals surface area contributed by atoms with Crippen LogP contribution in [0, 0.1) is 5.92 Å². The summed E-state index contributed by atoms with van der Waals surface area (Å²) in [6, 6.07) is 0.339. The molecule has 16 heavy (non-hydrogen) atoms. The molecule has 0 saturated heterocycles. The van der Waals surface area contributed by atoms with Gasteiger partial charge in [-0.2, -0.15) is 0 Å². The molecule has 1 aliphatic carbocycles. The fourth-order valence-electron chi connectivity index (χ4n) is 1.97. The molecule has 4 heteroatoms. The maximum absolute atomic E-state index is 11.5. The van der Waals surface area contributed by atoms with Gasteiger partial charge in [0.1, 0.15) is 0 Å². The predicted octanol–water partition coefficient (Wildman–Crippen LogP) is 1.64. The third-order valence-corrected chi connectivity index (χ3v) is 3.23. The van der Waals surface area contributed by atoms with Crippen molar-refractivity contribution in [2.45, 2.75) is 51.5 Å². The Kier molecular flexibility index (Phi) is 6.23. The molecular weight excluding hydrogens is 204 g/mol. The molecule has 94 valence electrons. The van der Waals surface area contributed by atoms with Gasteiger partial charge in [0.2, 0.25) is 0 Å². The summed E-state index contributed by atoms with van der Waals surface area (Å²) in [6.07, 6.45) is 6.39. The third-order valence-electron chi connectivity index (χ3n) is 3.23.